The van der Waals surface area contributed by atoms with E-state index in [0.29, 0.717) is 19.6 Å². The Bertz CT molecular complexity index is 760. The Morgan fingerprint density at radius 1 is 1.40 bits per heavy atom. The molecule has 1 amide bonds. The molecule has 0 aromatic carbocycles. The molecule has 0 saturated carbocycles. The van der Waals surface area contributed by atoms with Crippen molar-refractivity contribution in [3.63, 3.8) is 0 Å². The van der Waals surface area contributed by atoms with Crippen molar-refractivity contribution in [3.8, 4) is 0 Å². The van der Waals surface area contributed by atoms with Crippen molar-refractivity contribution in [2.24, 2.45) is 4.99 Å². The lowest BCUT2D eigenvalue weighted by Crippen LogP contribution is -2.50. The number of fused-ring (bicyclic) bond motifs is 4. The second-order valence-corrected chi connectivity index (χ2v) is 7.63. The number of amidine groups is 1. The van der Waals surface area contributed by atoms with Crippen LogP contribution in [0.5, 0.6) is 0 Å². The van der Waals surface area contributed by atoms with Crippen LogP contribution in [0.15, 0.2) is 22.3 Å². The molecule has 4 aliphatic rings. The van der Waals surface area contributed by atoms with Crippen LogP contribution in [0.25, 0.3) is 0 Å². The van der Waals surface area contributed by atoms with Gasteiger partial charge in [0.05, 0.1) is 37.1 Å². The first-order chi connectivity index (χ1) is 12.3. The Hall–Kier alpha value is -1.87. The van der Waals surface area contributed by atoms with E-state index in [1.165, 1.54) is 0 Å². The minimum atomic E-state index is 0.0722. The summed E-state index contributed by atoms with van der Waals surface area (Å²) in [5.74, 6) is 0.171. The second kappa shape index (κ2) is 6.14. The lowest BCUT2D eigenvalue weighted by atomic mass is 10.00. The van der Waals surface area contributed by atoms with Crippen LogP contribution in [-0.4, -0.2) is 68.2 Å². The highest BCUT2D eigenvalue weighted by Crippen LogP contribution is 2.33. The molecule has 1 fully saturated rings. The molecule has 1 aromatic heterocycles. The van der Waals surface area contributed by atoms with Crippen LogP contribution in [-0.2, 0) is 16.1 Å². The molecule has 2 atom stereocenters. The van der Waals surface area contributed by atoms with Crippen molar-refractivity contribution in [2.75, 3.05) is 26.2 Å². The molecule has 5 heterocycles. The Morgan fingerprint density at radius 2 is 2.36 bits per heavy atom. The standard InChI is InChI=1S/C16H20N6O2S/c23-15(6-11-10-25-16-17-3-1-4-21(11)16)20-5-2-14-13(8-20)22-12(9-24-14)7-18-19-22/h7,10,13-14H,1-6,8-9H2/t13-,14+/m0/s1. The molecule has 1 saturated heterocycles. The number of nitrogens with zero attached hydrogens (tertiary/aromatic N) is 6. The summed E-state index contributed by atoms with van der Waals surface area (Å²) in [6, 6.07) is 0.0722. The van der Waals surface area contributed by atoms with Crippen molar-refractivity contribution in [1.29, 1.82) is 0 Å². The molecule has 0 aliphatic carbocycles. The fraction of sp³-hybridized carbons (Fsp3) is 0.625. The number of hydrogen-bond donors (Lipinski definition) is 0. The zero-order valence-electron chi connectivity index (χ0n) is 13.9. The highest BCUT2D eigenvalue weighted by atomic mass is 32.2. The van der Waals surface area contributed by atoms with E-state index in [0.717, 1.165) is 49.0 Å². The van der Waals surface area contributed by atoms with Gasteiger partial charge in [0.1, 0.15) is 0 Å². The first-order valence-electron chi connectivity index (χ1n) is 8.76. The number of rotatable bonds is 2. The van der Waals surface area contributed by atoms with E-state index in [9.17, 15) is 4.79 Å². The largest absolute Gasteiger partial charge is 0.370 e. The van der Waals surface area contributed by atoms with Crippen LogP contribution in [0.3, 0.4) is 0 Å². The molecule has 1 aromatic rings. The minimum absolute atomic E-state index is 0.0722. The summed E-state index contributed by atoms with van der Waals surface area (Å²) in [5.41, 5.74) is 2.07. The number of aliphatic imine (C=N–C) groups is 1. The third-order valence-corrected chi connectivity index (χ3v) is 6.23. The van der Waals surface area contributed by atoms with Crippen molar-refractivity contribution in [2.45, 2.75) is 38.0 Å². The number of likely N-dealkylation sites (tertiary alicyclic amines) is 1. The molecular weight excluding hydrogens is 340 g/mol. The van der Waals surface area contributed by atoms with Gasteiger partial charge in [0, 0.05) is 31.9 Å². The van der Waals surface area contributed by atoms with Gasteiger partial charge in [-0.3, -0.25) is 9.79 Å². The summed E-state index contributed by atoms with van der Waals surface area (Å²) >= 11 is 1.63. The molecule has 0 spiro atoms. The predicted octanol–water partition coefficient (Wildman–Crippen LogP) is 0.990. The highest BCUT2D eigenvalue weighted by molar-refractivity contribution is 8.16. The second-order valence-electron chi connectivity index (χ2n) is 6.79. The van der Waals surface area contributed by atoms with Crippen molar-refractivity contribution >= 4 is 22.8 Å². The van der Waals surface area contributed by atoms with Gasteiger partial charge in [-0.1, -0.05) is 17.0 Å². The molecule has 9 heteroatoms. The zero-order valence-corrected chi connectivity index (χ0v) is 14.7. The molecular formula is C16H20N6O2S. The maximum Gasteiger partial charge on any atom is 0.228 e. The van der Waals surface area contributed by atoms with Crippen molar-refractivity contribution in [1.82, 2.24) is 24.8 Å². The molecule has 4 aliphatic heterocycles. The lowest BCUT2D eigenvalue weighted by Gasteiger charge is -2.41. The average molecular weight is 360 g/mol. The smallest absolute Gasteiger partial charge is 0.228 e. The summed E-state index contributed by atoms with van der Waals surface area (Å²) in [5, 5.41) is 11.3. The summed E-state index contributed by atoms with van der Waals surface area (Å²) in [6.45, 7) is 3.80. The number of carbonyl (C=O) groups excluding carboxylic acids is 1. The molecule has 25 heavy (non-hydrogen) atoms. The average Bonchev–Trinajstić information content (AvgIpc) is 3.28. The summed E-state index contributed by atoms with van der Waals surface area (Å²) in [6.07, 6.45) is 4.21. The fourth-order valence-corrected chi connectivity index (χ4v) is 4.90. The van der Waals surface area contributed by atoms with E-state index in [2.05, 4.69) is 25.6 Å². The van der Waals surface area contributed by atoms with Gasteiger partial charge < -0.3 is 14.5 Å². The normalized spacial score (nSPS) is 28.0. The minimum Gasteiger partial charge on any atom is -0.370 e. The van der Waals surface area contributed by atoms with E-state index in [1.807, 2.05) is 9.58 Å². The van der Waals surface area contributed by atoms with Crippen molar-refractivity contribution in [3.05, 3.63) is 23.0 Å². The van der Waals surface area contributed by atoms with Gasteiger partial charge in [0.15, 0.2) is 5.17 Å². The number of amides is 1. The lowest BCUT2D eigenvalue weighted by molar-refractivity contribution is -0.137. The molecule has 0 unspecified atom stereocenters. The maximum absolute atomic E-state index is 12.9. The first-order valence-corrected chi connectivity index (χ1v) is 9.64. The Labute approximate surface area is 149 Å². The number of piperidine rings is 1. The maximum atomic E-state index is 12.9. The van der Waals surface area contributed by atoms with Crippen molar-refractivity contribution < 1.29 is 9.53 Å². The monoisotopic (exact) mass is 360 g/mol. The zero-order chi connectivity index (χ0) is 16.8. The molecule has 0 radical (unpaired) electrons. The molecule has 0 bridgehead atoms. The van der Waals surface area contributed by atoms with Gasteiger partial charge in [-0.2, -0.15) is 0 Å². The van der Waals surface area contributed by atoms with Crippen LogP contribution in [0, 0.1) is 0 Å². The third-order valence-electron chi connectivity index (χ3n) is 5.28. The summed E-state index contributed by atoms with van der Waals surface area (Å²) in [4.78, 5) is 21.5. The van der Waals surface area contributed by atoms with Gasteiger partial charge >= 0.3 is 0 Å². The number of ether oxygens (including phenoxy) is 1. The SMILES string of the molecule is O=C(CC1=CSC2=NCCCN12)N1CC[C@H]2OCc3cnnn3[C@H]2C1. The van der Waals surface area contributed by atoms with Crippen LogP contribution in [0.2, 0.25) is 0 Å². The van der Waals surface area contributed by atoms with E-state index >= 15 is 0 Å². The van der Waals surface area contributed by atoms with E-state index in [1.54, 1.807) is 18.0 Å². The number of thioether (sulfide) groups is 1. The van der Waals surface area contributed by atoms with Gasteiger partial charge in [-0.15, -0.1) is 5.10 Å². The first kappa shape index (κ1) is 15.4. The van der Waals surface area contributed by atoms with Crippen LogP contribution in [0.1, 0.15) is 31.0 Å². The van der Waals surface area contributed by atoms with E-state index < -0.39 is 0 Å². The summed E-state index contributed by atoms with van der Waals surface area (Å²) < 4.78 is 7.86. The predicted molar refractivity (Wildman–Crippen MR) is 92.7 cm³/mol. The molecule has 132 valence electrons. The Balaban J connectivity index is 1.28. The summed E-state index contributed by atoms with van der Waals surface area (Å²) in [7, 11) is 0. The van der Waals surface area contributed by atoms with Gasteiger partial charge in [0.25, 0.3) is 0 Å². The van der Waals surface area contributed by atoms with Gasteiger partial charge in [0.2, 0.25) is 5.91 Å². The molecule has 0 N–H and O–H groups in total. The Morgan fingerprint density at radius 3 is 3.32 bits per heavy atom. The molecule has 8 nitrogen and oxygen atoms in total. The molecule has 5 rings (SSSR count). The Kier molecular flexibility index (Phi) is 3.78. The van der Waals surface area contributed by atoms with Gasteiger partial charge in [-0.05, 0) is 18.2 Å². The van der Waals surface area contributed by atoms with Crippen LogP contribution in [0.4, 0.5) is 0 Å². The number of aromatic nitrogens is 3. The van der Waals surface area contributed by atoms with Gasteiger partial charge in [-0.25, -0.2) is 4.68 Å². The third kappa shape index (κ3) is 2.65. The van der Waals surface area contributed by atoms with E-state index in [4.69, 9.17) is 4.74 Å². The van der Waals surface area contributed by atoms with Crippen LogP contribution < -0.4 is 0 Å². The highest BCUT2D eigenvalue weighted by Gasteiger charge is 2.38. The number of hydrogen-bond acceptors (Lipinski definition) is 7. The van der Waals surface area contributed by atoms with E-state index in [-0.39, 0.29) is 18.1 Å². The van der Waals surface area contributed by atoms with Crippen LogP contribution >= 0.6 is 11.8 Å². The fourth-order valence-electron chi connectivity index (χ4n) is 3.95. The number of carbonyl (C=O) groups is 1. The quantitative estimate of drug-likeness (QED) is 0.783. The topological polar surface area (TPSA) is 75.8 Å².